The second-order valence-corrected chi connectivity index (χ2v) is 7.67. The molecule has 0 spiro atoms. The predicted molar refractivity (Wildman–Crippen MR) is 68.2 cm³/mol. The van der Waals surface area contributed by atoms with Gasteiger partial charge in [-0.05, 0) is 12.1 Å². The van der Waals surface area contributed by atoms with Gasteiger partial charge >= 0.3 is 5.97 Å². The molecule has 1 aromatic heterocycles. The van der Waals surface area contributed by atoms with Gasteiger partial charge in [0.25, 0.3) is 10.0 Å². The molecule has 1 unspecified atom stereocenters. The lowest BCUT2D eigenvalue weighted by Crippen LogP contribution is -2.35. The minimum absolute atomic E-state index is 0.146. The van der Waals surface area contributed by atoms with E-state index in [2.05, 4.69) is 9.71 Å². The summed E-state index contributed by atoms with van der Waals surface area (Å²) in [7, 11) is -7.38. The summed E-state index contributed by atoms with van der Waals surface area (Å²) in [5.74, 6) is -1.57. The van der Waals surface area contributed by atoms with Crippen molar-refractivity contribution < 1.29 is 26.7 Å². The molecule has 10 heteroatoms. The Morgan fingerprint density at radius 1 is 1.40 bits per heavy atom. The molecule has 0 saturated heterocycles. The first-order valence-electron chi connectivity index (χ1n) is 5.32. The maximum Gasteiger partial charge on any atom is 0.337 e. The van der Waals surface area contributed by atoms with E-state index in [1.165, 1.54) is 6.08 Å². The highest BCUT2D eigenvalue weighted by atomic mass is 32.2. The highest BCUT2D eigenvalue weighted by Crippen LogP contribution is 2.12. The molecule has 8 nitrogen and oxygen atoms in total. The van der Waals surface area contributed by atoms with E-state index in [-0.39, 0.29) is 16.3 Å². The number of hydrogen-bond acceptors (Lipinski definition) is 6. The SMILES string of the molecule is O=C(O)c1ccc(S(=O)(=O)NC2C=CS(=O)(=O)C2)nc1. The number of nitrogens with one attached hydrogen (secondary N) is 1. The Labute approximate surface area is 115 Å². The molecular weight excluding hydrogens is 308 g/mol. The maximum absolute atomic E-state index is 11.9. The van der Waals surface area contributed by atoms with E-state index < -0.39 is 31.9 Å². The van der Waals surface area contributed by atoms with E-state index in [0.717, 1.165) is 23.7 Å². The van der Waals surface area contributed by atoms with Crippen molar-refractivity contribution in [2.75, 3.05) is 5.75 Å². The van der Waals surface area contributed by atoms with Crippen LogP contribution in [0.2, 0.25) is 0 Å². The fraction of sp³-hybridized carbons (Fsp3) is 0.200. The first-order chi connectivity index (χ1) is 9.20. The second-order valence-electron chi connectivity index (χ2n) is 4.08. The van der Waals surface area contributed by atoms with Crippen molar-refractivity contribution in [1.82, 2.24) is 9.71 Å². The lowest BCUT2D eigenvalue weighted by molar-refractivity contribution is 0.0696. The monoisotopic (exact) mass is 318 g/mol. The highest BCUT2D eigenvalue weighted by Gasteiger charge is 2.27. The van der Waals surface area contributed by atoms with Gasteiger partial charge in [-0.15, -0.1) is 0 Å². The van der Waals surface area contributed by atoms with Crippen LogP contribution in [0, 0.1) is 0 Å². The summed E-state index contributed by atoms with van der Waals surface area (Å²) in [6, 6.07) is 1.29. The molecule has 0 radical (unpaired) electrons. The summed E-state index contributed by atoms with van der Waals surface area (Å²) < 4.78 is 48.4. The number of hydrogen-bond donors (Lipinski definition) is 2. The van der Waals surface area contributed by atoms with Gasteiger partial charge in [0.1, 0.15) is 0 Å². The van der Waals surface area contributed by atoms with Crippen LogP contribution >= 0.6 is 0 Å². The van der Waals surface area contributed by atoms with Crippen LogP contribution in [0.5, 0.6) is 0 Å². The molecular formula is C10H10N2O6S2. The number of rotatable bonds is 4. The quantitative estimate of drug-likeness (QED) is 0.755. The number of carboxylic acid groups (broad SMARTS) is 1. The molecule has 2 N–H and O–H groups in total. The zero-order valence-corrected chi connectivity index (χ0v) is 11.6. The number of carboxylic acids is 1. The number of sulfone groups is 1. The predicted octanol–water partition coefficient (Wildman–Crippen LogP) is -0.631. The molecule has 0 aromatic carbocycles. The Kier molecular flexibility index (Phi) is 3.63. The van der Waals surface area contributed by atoms with Crippen molar-refractivity contribution in [3.63, 3.8) is 0 Å². The van der Waals surface area contributed by atoms with E-state index in [1.807, 2.05) is 0 Å². The van der Waals surface area contributed by atoms with Gasteiger partial charge in [-0.3, -0.25) is 0 Å². The van der Waals surface area contributed by atoms with Crippen molar-refractivity contribution >= 4 is 25.8 Å². The molecule has 0 saturated carbocycles. The van der Waals surface area contributed by atoms with Crippen molar-refractivity contribution in [3.05, 3.63) is 35.4 Å². The van der Waals surface area contributed by atoms with Crippen molar-refractivity contribution in [2.45, 2.75) is 11.1 Å². The number of pyridine rings is 1. The summed E-state index contributed by atoms with van der Waals surface area (Å²) in [5, 5.41) is 9.26. The third-order valence-electron chi connectivity index (χ3n) is 2.50. The van der Waals surface area contributed by atoms with Crippen LogP contribution in [-0.4, -0.2) is 44.7 Å². The van der Waals surface area contributed by atoms with Gasteiger partial charge < -0.3 is 5.11 Å². The Hall–Kier alpha value is -1.78. The molecule has 0 fully saturated rings. The molecule has 0 aliphatic carbocycles. The summed E-state index contributed by atoms with van der Waals surface area (Å²) in [5.41, 5.74) is -0.146. The molecule has 1 atom stereocenters. The fourth-order valence-electron chi connectivity index (χ4n) is 1.57. The number of carbonyl (C=O) groups is 1. The lowest BCUT2D eigenvalue weighted by Gasteiger charge is -2.10. The highest BCUT2D eigenvalue weighted by molar-refractivity contribution is 7.94. The van der Waals surface area contributed by atoms with E-state index in [9.17, 15) is 21.6 Å². The molecule has 2 rings (SSSR count). The standard InChI is InChI=1S/C10H10N2O6S2/c13-10(14)7-1-2-9(11-5-7)20(17,18)12-8-3-4-19(15,16)6-8/h1-5,8,12H,6H2,(H,13,14). The number of sulfonamides is 1. The molecule has 20 heavy (non-hydrogen) atoms. The van der Waals surface area contributed by atoms with E-state index in [0.29, 0.717) is 0 Å². The average molecular weight is 318 g/mol. The largest absolute Gasteiger partial charge is 0.478 e. The third-order valence-corrected chi connectivity index (χ3v) is 5.30. The summed E-state index contributed by atoms with van der Waals surface area (Å²) in [6.45, 7) is 0. The van der Waals surface area contributed by atoms with Crippen molar-refractivity contribution in [2.24, 2.45) is 0 Å². The van der Waals surface area contributed by atoms with Crippen LogP contribution in [0.3, 0.4) is 0 Å². The molecule has 108 valence electrons. The Morgan fingerprint density at radius 3 is 2.55 bits per heavy atom. The van der Waals surface area contributed by atoms with Gasteiger partial charge in [0.05, 0.1) is 17.4 Å². The van der Waals surface area contributed by atoms with Crippen molar-refractivity contribution in [1.29, 1.82) is 0 Å². The van der Waals surface area contributed by atoms with Crippen LogP contribution in [0.15, 0.2) is 34.8 Å². The molecule has 0 amide bonds. The summed E-state index contributed by atoms with van der Waals surface area (Å²) in [6.07, 6.45) is 2.15. The van der Waals surface area contributed by atoms with Crippen LogP contribution in [0.4, 0.5) is 0 Å². The summed E-state index contributed by atoms with van der Waals surface area (Å²) >= 11 is 0. The molecule has 1 aliphatic heterocycles. The van der Waals surface area contributed by atoms with Gasteiger partial charge in [-0.25, -0.2) is 31.3 Å². The minimum atomic E-state index is -4.01. The molecule has 1 aromatic rings. The van der Waals surface area contributed by atoms with Gasteiger partial charge in [0.15, 0.2) is 14.9 Å². The smallest absolute Gasteiger partial charge is 0.337 e. The van der Waals surface area contributed by atoms with E-state index >= 15 is 0 Å². The topological polar surface area (TPSA) is 130 Å². The van der Waals surface area contributed by atoms with Gasteiger partial charge in [0, 0.05) is 11.6 Å². The van der Waals surface area contributed by atoms with E-state index in [4.69, 9.17) is 5.11 Å². The number of aromatic carboxylic acids is 1. The first-order valence-corrected chi connectivity index (χ1v) is 8.52. The Morgan fingerprint density at radius 2 is 2.10 bits per heavy atom. The van der Waals surface area contributed by atoms with Crippen LogP contribution in [0.25, 0.3) is 0 Å². The summed E-state index contributed by atoms with van der Waals surface area (Å²) in [4.78, 5) is 14.2. The van der Waals surface area contributed by atoms with Gasteiger partial charge in [-0.1, -0.05) is 6.08 Å². The third kappa shape index (κ3) is 3.21. The van der Waals surface area contributed by atoms with Gasteiger partial charge in [0.2, 0.25) is 0 Å². The second kappa shape index (κ2) is 4.96. The van der Waals surface area contributed by atoms with Crippen LogP contribution in [-0.2, 0) is 19.9 Å². The number of nitrogens with zero attached hydrogens (tertiary/aromatic N) is 1. The van der Waals surface area contributed by atoms with E-state index in [1.54, 1.807) is 0 Å². The lowest BCUT2D eigenvalue weighted by atomic mass is 10.3. The maximum atomic E-state index is 11.9. The number of aromatic nitrogens is 1. The van der Waals surface area contributed by atoms with Crippen LogP contribution in [0.1, 0.15) is 10.4 Å². The van der Waals surface area contributed by atoms with Crippen molar-refractivity contribution in [3.8, 4) is 0 Å². The zero-order valence-electron chi connectivity index (χ0n) is 9.92. The Bertz CT molecular complexity index is 764. The normalized spacial score (nSPS) is 20.9. The first kappa shape index (κ1) is 14.6. The van der Waals surface area contributed by atoms with Gasteiger partial charge in [-0.2, -0.15) is 0 Å². The Balaban J connectivity index is 2.19. The molecule has 2 heterocycles. The zero-order chi connectivity index (χ0) is 15.0. The fourth-order valence-corrected chi connectivity index (χ4v) is 4.04. The minimum Gasteiger partial charge on any atom is -0.478 e. The van der Waals surface area contributed by atoms with Crippen LogP contribution < -0.4 is 4.72 Å². The molecule has 0 bridgehead atoms. The molecule has 1 aliphatic rings. The average Bonchev–Trinajstić information content (AvgIpc) is 2.68.